The number of aromatic nitrogens is 1. The summed E-state index contributed by atoms with van der Waals surface area (Å²) in [4.78, 5) is 18.5. The summed E-state index contributed by atoms with van der Waals surface area (Å²) in [6, 6.07) is 7.93. The van der Waals surface area contributed by atoms with E-state index in [0.29, 0.717) is 5.69 Å². The Bertz CT molecular complexity index is 650. The highest BCUT2D eigenvalue weighted by Gasteiger charge is 2.19. The minimum Gasteiger partial charge on any atom is -0.490 e. The molecule has 0 fully saturated rings. The smallest absolute Gasteiger partial charge is 0.273 e. The van der Waals surface area contributed by atoms with Gasteiger partial charge in [-0.15, -0.1) is 11.3 Å². The third-order valence-corrected chi connectivity index (χ3v) is 4.17. The number of rotatable bonds is 5. The van der Waals surface area contributed by atoms with E-state index in [0.717, 1.165) is 16.3 Å². The second-order valence-corrected chi connectivity index (χ2v) is 6.57. The maximum absolute atomic E-state index is 12.3. The van der Waals surface area contributed by atoms with Crippen LogP contribution in [0.4, 0.5) is 0 Å². The molecule has 0 bridgehead atoms. The van der Waals surface area contributed by atoms with Crippen LogP contribution in [0.5, 0.6) is 5.75 Å². The van der Waals surface area contributed by atoms with E-state index in [2.05, 4.69) is 4.98 Å². The van der Waals surface area contributed by atoms with Crippen LogP contribution in [0, 0.1) is 0 Å². The van der Waals surface area contributed by atoms with Gasteiger partial charge in [0.05, 0.1) is 11.7 Å². The van der Waals surface area contributed by atoms with E-state index in [1.165, 1.54) is 11.3 Å². The fourth-order valence-electron chi connectivity index (χ4n) is 1.91. The van der Waals surface area contributed by atoms with Gasteiger partial charge in [0.2, 0.25) is 0 Å². The number of benzene rings is 1. The van der Waals surface area contributed by atoms with Crippen molar-refractivity contribution in [2.75, 3.05) is 7.05 Å². The van der Waals surface area contributed by atoms with Crippen molar-refractivity contribution in [2.24, 2.45) is 0 Å². The first-order chi connectivity index (χ1) is 10.4. The molecule has 1 heterocycles. The van der Waals surface area contributed by atoms with Gasteiger partial charge >= 0.3 is 0 Å². The lowest BCUT2D eigenvalue weighted by atomic mass is 10.2. The van der Waals surface area contributed by atoms with E-state index in [1.807, 2.05) is 57.3 Å². The summed E-state index contributed by atoms with van der Waals surface area (Å²) in [5.41, 5.74) is 1.41. The molecule has 0 N–H and O–H groups in total. The van der Waals surface area contributed by atoms with Gasteiger partial charge in [0.1, 0.15) is 16.5 Å². The molecule has 1 aromatic heterocycles. The monoisotopic (exact) mass is 318 g/mol. The minimum absolute atomic E-state index is 0.0558. The molecule has 0 saturated heterocycles. The van der Waals surface area contributed by atoms with Gasteiger partial charge in [-0.2, -0.15) is 0 Å². The minimum atomic E-state index is -0.0558. The average Bonchev–Trinajstić information content (AvgIpc) is 2.95. The highest BCUT2D eigenvalue weighted by atomic mass is 32.1. The number of amides is 1. The molecule has 0 aliphatic carbocycles. The lowest BCUT2D eigenvalue weighted by Gasteiger charge is -2.20. The number of hydrogen-bond acceptors (Lipinski definition) is 4. The molecule has 2 rings (SSSR count). The second-order valence-electron chi connectivity index (χ2n) is 5.71. The first-order valence-corrected chi connectivity index (χ1v) is 8.27. The van der Waals surface area contributed by atoms with Gasteiger partial charge in [-0.1, -0.05) is 12.1 Å². The Morgan fingerprint density at radius 2 is 1.91 bits per heavy atom. The summed E-state index contributed by atoms with van der Waals surface area (Å²) in [5, 5.41) is 2.61. The maximum atomic E-state index is 12.3. The molecule has 0 unspecified atom stereocenters. The van der Waals surface area contributed by atoms with Crippen LogP contribution >= 0.6 is 11.3 Å². The topological polar surface area (TPSA) is 42.4 Å². The van der Waals surface area contributed by atoms with E-state index in [4.69, 9.17) is 4.74 Å². The SMILES string of the molecule is CC(C)Oc1ccccc1-c1nc(C(=O)N(C)C(C)C)cs1. The van der Waals surface area contributed by atoms with Crippen LogP contribution in [-0.2, 0) is 0 Å². The summed E-state index contributed by atoms with van der Waals surface area (Å²) >= 11 is 1.46. The molecule has 22 heavy (non-hydrogen) atoms. The Balaban J connectivity index is 2.31. The molecule has 0 saturated carbocycles. The van der Waals surface area contributed by atoms with Crippen molar-refractivity contribution in [3.63, 3.8) is 0 Å². The zero-order valence-corrected chi connectivity index (χ0v) is 14.5. The lowest BCUT2D eigenvalue weighted by Crippen LogP contribution is -2.33. The van der Waals surface area contributed by atoms with Crippen molar-refractivity contribution in [1.82, 2.24) is 9.88 Å². The third kappa shape index (κ3) is 3.65. The first kappa shape index (κ1) is 16.5. The number of para-hydroxylation sites is 1. The zero-order valence-electron chi connectivity index (χ0n) is 13.7. The summed E-state index contributed by atoms with van der Waals surface area (Å²) in [5.74, 6) is 0.739. The molecular weight excluding hydrogens is 296 g/mol. The summed E-state index contributed by atoms with van der Waals surface area (Å²) in [6.45, 7) is 7.95. The number of thiazole rings is 1. The van der Waals surface area contributed by atoms with Crippen molar-refractivity contribution in [2.45, 2.75) is 39.8 Å². The normalized spacial score (nSPS) is 11.0. The van der Waals surface area contributed by atoms with Gasteiger partial charge in [-0.25, -0.2) is 4.98 Å². The van der Waals surface area contributed by atoms with E-state index in [1.54, 1.807) is 11.9 Å². The summed E-state index contributed by atoms with van der Waals surface area (Å²) < 4.78 is 5.83. The summed E-state index contributed by atoms with van der Waals surface area (Å²) in [6.07, 6.45) is 0.0919. The van der Waals surface area contributed by atoms with Crippen LogP contribution < -0.4 is 4.74 Å². The molecule has 5 heteroatoms. The molecule has 0 aliphatic rings. The molecule has 0 atom stereocenters. The van der Waals surface area contributed by atoms with E-state index < -0.39 is 0 Å². The van der Waals surface area contributed by atoms with Gasteiger partial charge < -0.3 is 9.64 Å². The molecule has 1 amide bonds. The van der Waals surface area contributed by atoms with Crippen molar-refractivity contribution < 1.29 is 9.53 Å². The molecule has 4 nitrogen and oxygen atoms in total. The Kier molecular flexibility index (Phi) is 5.19. The average molecular weight is 318 g/mol. The maximum Gasteiger partial charge on any atom is 0.273 e. The van der Waals surface area contributed by atoms with Gasteiger partial charge in [0.15, 0.2) is 0 Å². The second kappa shape index (κ2) is 6.92. The number of hydrogen-bond donors (Lipinski definition) is 0. The van der Waals surface area contributed by atoms with Crippen LogP contribution in [0.2, 0.25) is 0 Å². The molecule has 0 aliphatic heterocycles. The largest absolute Gasteiger partial charge is 0.490 e. The van der Waals surface area contributed by atoms with Gasteiger partial charge in [-0.05, 0) is 39.8 Å². The van der Waals surface area contributed by atoms with Crippen LogP contribution in [-0.4, -0.2) is 35.0 Å². The molecular formula is C17H22N2O2S. The molecule has 0 spiro atoms. The van der Waals surface area contributed by atoms with Crippen molar-refractivity contribution in [3.05, 3.63) is 35.3 Å². The third-order valence-electron chi connectivity index (χ3n) is 3.30. The van der Waals surface area contributed by atoms with Crippen molar-refractivity contribution in [1.29, 1.82) is 0 Å². The highest BCUT2D eigenvalue weighted by molar-refractivity contribution is 7.13. The van der Waals surface area contributed by atoms with Gasteiger partial charge in [0, 0.05) is 18.5 Å². The number of carbonyl (C=O) groups is 1. The van der Waals surface area contributed by atoms with Gasteiger partial charge in [-0.3, -0.25) is 4.79 Å². The predicted molar refractivity (Wildman–Crippen MR) is 90.5 cm³/mol. The van der Waals surface area contributed by atoms with E-state index in [9.17, 15) is 4.79 Å². The zero-order chi connectivity index (χ0) is 16.3. The fraction of sp³-hybridized carbons (Fsp3) is 0.412. The summed E-state index contributed by atoms with van der Waals surface area (Å²) in [7, 11) is 1.79. The molecule has 2 aromatic rings. The number of ether oxygens (including phenoxy) is 1. The standard InChI is InChI=1S/C17H22N2O2S/c1-11(2)19(5)17(20)14-10-22-16(18-14)13-8-6-7-9-15(13)21-12(3)4/h6-12H,1-5H3. The molecule has 1 aromatic carbocycles. The van der Waals surface area contributed by atoms with Crippen LogP contribution in [0.25, 0.3) is 10.6 Å². The Morgan fingerprint density at radius 3 is 2.55 bits per heavy atom. The fourth-order valence-corrected chi connectivity index (χ4v) is 2.73. The van der Waals surface area contributed by atoms with E-state index in [-0.39, 0.29) is 18.1 Å². The van der Waals surface area contributed by atoms with Crippen molar-refractivity contribution >= 4 is 17.2 Å². The lowest BCUT2D eigenvalue weighted by molar-refractivity contribution is 0.0750. The number of nitrogens with zero attached hydrogens (tertiary/aromatic N) is 2. The first-order valence-electron chi connectivity index (χ1n) is 7.39. The molecule has 118 valence electrons. The van der Waals surface area contributed by atoms with Crippen LogP contribution in [0.3, 0.4) is 0 Å². The quantitative estimate of drug-likeness (QED) is 0.834. The van der Waals surface area contributed by atoms with Crippen molar-refractivity contribution in [3.8, 4) is 16.3 Å². The van der Waals surface area contributed by atoms with Gasteiger partial charge in [0.25, 0.3) is 5.91 Å². The molecule has 0 radical (unpaired) electrons. The van der Waals surface area contributed by atoms with Crippen LogP contribution in [0.15, 0.2) is 29.6 Å². The predicted octanol–water partition coefficient (Wildman–Crippen LogP) is 4.08. The highest BCUT2D eigenvalue weighted by Crippen LogP contribution is 2.33. The van der Waals surface area contributed by atoms with E-state index >= 15 is 0 Å². The Hall–Kier alpha value is -1.88. The Labute approximate surface area is 135 Å². The Morgan fingerprint density at radius 1 is 1.23 bits per heavy atom. The van der Waals surface area contributed by atoms with Crippen LogP contribution in [0.1, 0.15) is 38.2 Å². The number of carbonyl (C=O) groups excluding carboxylic acids is 1.